The molecule has 26 heavy (non-hydrogen) atoms. The van der Waals surface area contributed by atoms with Gasteiger partial charge < -0.3 is 14.4 Å². The molecule has 1 aliphatic carbocycles. The number of hydrogen-bond acceptors (Lipinski definition) is 5. The highest BCUT2D eigenvalue weighted by Crippen LogP contribution is 2.39. The van der Waals surface area contributed by atoms with Crippen LogP contribution in [0.3, 0.4) is 0 Å². The SMILES string of the molecule is O=C(O)c1ccc(S(=O)(=O)N2CCCC2C(=O)N2CC3CCCC3C2)o1. The second kappa shape index (κ2) is 6.38. The summed E-state index contributed by atoms with van der Waals surface area (Å²) in [5.41, 5.74) is 0. The summed E-state index contributed by atoms with van der Waals surface area (Å²) in [7, 11) is -4.04. The molecular formula is C17H22N2O6S. The van der Waals surface area contributed by atoms with E-state index < -0.39 is 32.9 Å². The number of amides is 1. The predicted molar refractivity (Wildman–Crippen MR) is 90.0 cm³/mol. The average Bonchev–Trinajstić information content (AvgIpc) is 3.36. The molecule has 0 spiro atoms. The molecule has 3 atom stereocenters. The van der Waals surface area contributed by atoms with E-state index in [2.05, 4.69) is 0 Å². The fourth-order valence-electron chi connectivity index (χ4n) is 4.59. The van der Waals surface area contributed by atoms with Crippen LogP contribution in [0.1, 0.15) is 42.7 Å². The van der Waals surface area contributed by atoms with E-state index in [1.807, 2.05) is 4.90 Å². The summed E-state index contributed by atoms with van der Waals surface area (Å²) < 4.78 is 31.9. The van der Waals surface area contributed by atoms with Gasteiger partial charge in [0.15, 0.2) is 0 Å². The first-order chi connectivity index (χ1) is 12.4. The minimum Gasteiger partial charge on any atom is -0.475 e. The van der Waals surface area contributed by atoms with Crippen LogP contribution in [-0.4, -0.2) is 60.3 Å². The van der Waals surface area contributed by atoms with Crippen LogP contribution in [0, 0.1) is 11.8 Å². The molecule has 1 aromatic rings. The third-order valence-corrected chi connectivity index (χ3v) is 7.66. The van der Waals surface area contributed by atoms with Crippen LogP contribution in [-0.2, 0) is 14.8 Å². The van der Waals surface area contributed by atoms with Gasteiger partial charge in [-0.15, -0.1) is 0 Å². The number of nitrogens with zero attached hydrogens (tertiary/aromatic N) is 2. The first-order valence-electron chi connectivity index (χ1n) is 9.01. The number of carboxylic acid groups (broad SMARTS) is 1. The van der Waals surface area contributed by atoms with E-state index in [-0.39, 0.29) is 12.5 Å². The molecule has 9 heteroatoms. The van der Waals surface area contributed by atoms with Crippen molar-refractivity contribution in [1.29, 1.82) is 0 Å². The first kappa shape index (κ1) is 17.5. The molecular weight excluding hydrogens is 360 g/mol. The number of carbonyl (C=O) groups is 2. The van der Waals surface area contributed by atoms with Crippen LogP contribution in [0.25, 0.3) is 0 Å². The van der Waals surface area contributed by atoms with Gasteiger partial charge in [-0.25, -0.2) is 13.2 Å². The van der Waals surface area contributed by atoms with E-state index in [0.717, 1.165) is 38.1 Å². The Labute approximate surface area is 151 Å². The van der Waals surface area contributed by atoms with Crippen molar-refractivity contribution in [1.82, 2.24) is 9.21 Å². The quantitative estimate of drug-likeness (QED) is 0.843. The lowest BCUT2D eigenvalue weighted by molar-refractivity contribution is -0.133. The molecule has 142 valence electrons. The maximum absolute atomic E-state index is 13.0. The number of hydrogen-bond donors (Lipinski definition) is 1. The van der Waals surface area contributed by atoms with E-state index in [4.69, 9.17) is 9.52 Å². The van der Waals surface area contributed by atoms with Gasteiger partial charge in [-0.1, -0.05) is 6.42 Å². The van der Waals surface area contributed by atoms with Gasteiger partial charge in [0.2, 0.25) is 16.8 Å². The Morgan fingerprint density at radius 1 is 1.08 bits per heavy atom. The molecule has 1 N–H and O–H groups in total. The fraction of sp³-hybridized carbons (Fsp3) is 0.647. The Morgan fingerprint density at radius 3 is 2.38 bits per heavy atom. The Balaban J connectivity index is 1.53. The molecule has 1 aromatic heterocycles. The Hall–Kier alpha value is -1.87. The van der Waals surface area contributed by atoms with Crippen molar-refractivity contribution < 1.29 is 27.5 Å². The number of fused-ring (bicyclic) bond motifs is 1. The molecule has 4 rings (SSSR count). The van der Waals surface area contributed by atoms with Crippen molar-refractivity contribution in [3.05, 3.63) is 17.9 Å². The van der Waals surface area contributed by atoms with Gasteiger partial charge in [0.1, 0.15) is 6.04 Å². The Bertz CT molecular complexity index is 820. The summed E-state index contributed by atoms with van der Waals surface area (Å²) in [5.74, 6) is -0.796. The molecule has 2 saturated heterocycles. The van der Waals surface area contributed by atoms with Crippen LogP contribution < -0.4 is 0 Å². The summed E-state index contributed by atoms with van der Waals surface area (Å²) in [6, 6.07) is 1.53. The van der Waals surface area contributed by atoms with Gasteiger partial charge in [0, 0.05) is 19.6 Å². The van der Waals surface area contributed by atoms with Crippen molar-refractivity contribution in [3.8, 4) is 0 Å². The van der Waals surface area contributed by atoms with Gasteiger partial charge in [0.05, 0.1) is 0 Å². The number of carbonyl (C=O) groups excluding carboxylic acids is 1. The molecule has 2 aliphatic heterocycles. The van der Waals surface area contributed by atoms with E-state index in [9.17, 15) is 18.0 Å². The van der Waals surface area contributed by atoms with Crippen LogP contribution in [0.4, 0.5) is 0 Å². The molecule has 3 aliphatic rings. The van der Waals surface area contributed by atoms with Crippen molar-refractivity contribution in [2.75, 3.05) is 19.6 Å². The third-order valence-electron chi connectivity index (χ3n) is 5.88. The fourth-order valence-corrected chi connectivity index (χ4v) is 6.16. The zero-order chi connectivity index (χ0) is 18.5. The minimum atomic E-state index is -4.04. The molecule has 1 saturated carbocycles. The van der Waals surface area contributed by atoms with Crippen molar-refractivity contribution >= 4 is 21.9 Å². The number of furan rings is 1. The summed E-state index contributed by atoms with van der Waals surface area (Å²) in [6.45, 7) is 1.68. The van der Waals surface area contributed by atoms with Crippen molar-refractivity contribution in [2.24, 2.45) is 11.8 Å². The highest BCUT2D eigenvalue weighted by molar-refractivity contribution is 7.89. The van der Waals surface area contributed by atoms with Crippen LogP contribution in [0.5, 0.6) is 0 Å². The van der Waals surface area contributed by atoms with Gasteiger partial charge >= 0.3 is 5.97 Å². The summed E-state index contributed by atoms with van der Waals surface area (Å²) >= 11 is 0. The lowest BCUT2D eigenvalue weighted by Gasteiger charge is -2.27. The zero-order valence-electron chi connectivity index (χ0n) is 14.3. The molecule has 3 unspecified atom stereocenters. The standard InChI is InChI=1S/C17H22N2O6S/c20-16(18-9-11-3-1-4-12(11)10-18)13-5-2-8-19(13)26(23,24)15-7-6-14(25-15)17(21)22/h6-7,11-13H,1-5,8-10H2,(H,21,22). The van der Waals surface area contributed by atoms with Crippen molar-refractivity contribution in [2.45, 2.75) is 43.2 Å². The molecule has 8 nitrogen and oxygen atoms in total. The van der Waals surface area contributed by atoms with Gasteiger partial charge in [-0.3, -0.25) is 4.79 Å². The van der Waals surface area contributed by atoms with Gasteiger partial charge in [-0.05, 0) is 49.7 Å². The number of rotatable bonds is 4. The second-order valence-electron chi connectivity index (χ2n) is 7.39. The highest BCUT2D eigenvalue weighted by atomic mass is 32.2. The van der Waals surface area contributed by atoms with E-state index in [0.29, 0.717) is 24.7 Å². The number of carboxylic acids is 1. The largest absolute Gasteiger partial charge is 0.475 e. The van der Waals surface area contributed by atoms with E-state index in [1.54, 1.807) is 0 Å². The van der Waals surface area contributed by atoms with Crippen LogP contribution >= 0.6 is 0 Å². The zero-order valence-corrected chi connectivity index (χ0v) is 15.2. The maximum atomic E-state index is 13.0. The number of likely N-dealkylation sites (tertiary alicyclic amines) is 1. The van der Waals surface area contributed by atoms with E-state index in [1.165, 1.54) is 10.7 Å². The smallest absolute Gasteiger partial charge is 0.371 e. The van der Waals surface area contributed by atoms with Crippen molar-refractivity contribution in [3.63, 3.8) is 0 Å². The molecule has 0 bridgehead atoms. The average molecular weight is 382 g/mol. The number of sulfonamides is 1. The topological polar surface area (TPSA) is 108 Å². The molecule has 1 amide bonds. The summed E-state index contributed by atoms with van der Waals surface area (Å²) in [4.78, 5) is 25.7. The highest BCUT2D eigenvalue weighted by Gasteiger charge is 2.46. The molecule has 0 radical (unpaired) electrons. The molecule has 3 heterocycles. The number of aromatic carboxylic acids is 1. The van der Waals surface area contributed by atoms with Gasteiger partial charge in [-0.2, -0.15) is 4.31 Å². The Morgan fingerprint density at radius 2 is 1.77 bits per heavy atom. The summed E-state index contributed by atoms with van der Waals surface area (Å²) in [6.07, 6.45) is 4.59. The summed E-state index contributed by atoms with van der Waals surface area (Å²) in [5, 5.41) is 8.51. The Kier molecular flexibility index (Phi) is 4.31. The lowest BCUT2D eigenvalue weighted by Crippen LogP contribution is -2.47. The van der Waals surface area contributed by atoms with Crippen LogP contribution in [0.15, 0.2) is 21.6 Å². The predicted octanol–water partition coefficient (Wildman–Crippen LogP) is 1.39. The monoisotopic (exact) mass is 382 g/mol. The van der Waals surface area contributed by atoms with E-state index >= 15 is 0 Å². The van der Waals surface area contributed by atoms with Crippen LogP contribution in [0.2, 0.25) is 0 Å². The minimum absolute atomic E-state index is 0.134. The molecule has 0 aromatic carbocycles. The lowest BCUT2D eigenvalue weighted by atomic mass is 10.0. The third kappa shape index (κ3) is 2.83. The van der Waals surface area contributed by atoms with Gasteiger partial charge in [0.25, 0.3) is 10.0 Å². The normalized spacial score (nSPS) is 29.2. The maximum Gasteiger partial charge on any atom is 0.371 e. The molecule has 3 fully saturated rings. The first-order valence-corrected chi connectivity index (χ1v) is 10.5. The second-order valence-corrected chi connectivity index (χ2v) is 9.21.